The van der Waals surface area contributed by atoms with Crippen LogP contribution in [0, 0.1) is 0 Å². The van der Waals surface area contributed by atoms with Crippen LogP contribution in [0.15, 0.2) is 66.7 Å². The highest BCUT2D eigenvalue weighted by Crippen LogP contribution is 2.32. The number of amides is 3. The number of carbonyl (C=O) groups excluding carboxylic acids is 2. The number of hydrogen-bond acceptors (Lipinski definition) is 4. The smallest absolute Gasteiger partial charge is 0.326 e. The molecule has 1 N–H and O–H groups in total. The van der Waals surface area contributed by atoms with E-state index in [1.165, 1.54) is 4.90 Å². The van der Waals surface area contributed by atoms with Crippen molar-refractivity contribution in [2.45, 2.75) is 25.4 Å². The van der Waals surface area contributed by atoms with Crippen LogP contribution in [-0.2, 0) is 16.9 Å². The summed E-state index contributed by atoms with van der Waals surface area (Å²) in [5, 5.41) is 5.16. The van der Waals surface area contributed by atoms with Crippen molar-refractivity contribution in [1.29, 1.82) is 0 Å². The molecule has 160 valence electrons. The number of benzene rings is 3. The topological polar surface area (TPSA) is 61.9 Å². The molecule has 3 aromatic rings. The highest BCUT2D eigenvalue weighted by molar-refractivity contribution is 6.07. The molecular formula is C25H27N3O3. The van der Waals surface area contributed by atoms with Crippen molar-refractivity contribution in [1.82, 2.24) is 15.1 Å². The summed E-state index contributed by atoms with van der Waals surface area (Å²) >= 11 is 0. The first-order valence-electron chi connectivity index (χ1n) is 10.4. The zero-order chi connectivity index (χ0) is 22.0. The quantitative estimate of drug-likeness (QED) is 0.588. The molecule has 0 saturated carbocycles. The predicted molar refractivity (Wildman–Crippen MR) is 121 cm³/mol. The van der Waals surface area contributed by atoms with Crippen LogP contribution in [-0.4, -0.2) is 42.6 Å². The number of hydrogen-bond donors (Lipinski definition) is 1. The Kier molecular flexibility index (Phi) is 5.65. The molecule has 1 saturated heterocycles. The molecule has 6 nitrogen and oxygen atoms in total. The second-order valence-electron chi connectivity index (χ2n) is 7.99. The van der Waals surface area contributed by atoms with Crippen molar-refractivity contribution in [2.75, 3.05) is 20.8 Å². The second kappa shape index (κ2) is 8.40. The van der Waals surface area contributed by atoms with E-state index in [1.54, 1.807) is 7.11 Å². The van der Waals surface area contributed by atoms with Gasteiger partial charge in [0.1, 0.15) is 11.3 Å². The molecule has 0 aliphatic carbocycles. The number of rotatable bonds is 7. The first-order valence-corrected chi connectivity index (χ1v) is 10.4. The Morgan fingerprint density at radius 2 is 1.71 bits per heavy atom. The number of ether oxygens (including phenoxy) is 1. The van der Waals surface area contributed by atoms with Gasteiger partial charge in [-0.05, 0) is 53.6 Å². The third kappa shape index (κ3) is 3.86. The summed E-state index contributed by atoms with van der Waals surface area (Å²) in [7, 11) is 3.57. The number of carbonyl (C=O) groups is 2. The molecule has 0 radical (unpaired) electrons. The van der Waals surface area contributed by atoms with E-state index in [9.17, 15) is 9.59 Å². The lowest BCUT2D eigenvalue weighted by molar-refractivity contribution is -0.133. The Morgan fingerprint density at radius 3 is 2.42 bits per heavy atom. The molecule has 1 aliphatic heterocycles. The summed E-state index contributed by atoms with van der Waals surface area (Å²) < 4.78 is 5.29. The minimum Gasteiger partial charge on any atom is -0.497 e. The maximum Gasteiger partial charge on any atom is 0.326 e. The lowest BCUT2D eigenvalue weighted by Crippen LogP contribution is -2.44. The van der Waals surface area contributed by atoms with Gasteiger partial charge in [0.2, 0.25) is 0 Å². The van der Waals surface area contributed by atoms with Gasteiger partial charge in [-0.15, -0.1) is 0 Å². The Hall–Kier alpha value is -3.38. The van der Waals surface area contributed by atoms with Crippen molar-refractivity contribution in [3.05, 3.63) is 77.9 Å². The lowest BCUT2D eigenvalue weighted by atomic mass is 9.87. The average molecular weight is 418 g/mol. The van der Waals surface area contributed by atoms with E-state index in [0.717, 1.165) is 27.6 Å². The minimum absolute atomic E-state index is 0.205. The molecule has 0 spiro atoms. The summed E-state index contributed by atoms with van der Waals surface area (Å²) in [5.41, 5.74) is 0.921. The zero-order valence-corrected chi connectivity index (χ0v) is 18.1. The Balaban J connectivity index is 1.49. The first-order chi connectivity index (χ1) is 15.0. The fourth-order valence-electron chi connectivity index (χ4n) is 4.22. The van der Waals surface area contributed by atoms with Crippen LogP contribution < -0.4 is 10.1 Å². The number of fused-ring (bicyclic) bond motifs is 1. The van der Waals surface area contributed by atoms with Gasteiger partial charge in [0.05, 0.1) is 13.8 Å². The predicted octanol–water partition coefficient (Wildman–Crippen LogP) is 4.10. The van der Waals surface area contributed by atoms with Crippen LogP contribution in [0.3, 0.4) is 0 Å². The molecular weight excluding hydrogens is 390 g/mol. The normalized spacial score (nSPS) is 18.6. The van der Waals surface area contributed by atoms with Gasteiger partial charge in [0.15, 0.2) is 0 Å². The summed E-state index contributed by atoms with van der Waals surface area (Å²) in [6.07, 6.45) is 0.496. The van der Waals surface area contributed by atoms with E-state index in [-0.39, 0.29) is 18.6 Å². The highest BCUT2D eigenvalue weighted by atomic mass is 16.5. The van der Waals surface area contributed by atoms with Crippen molar-refractivity contribution >= 4 is 22.7 Å². The number of methoxy groups -OCH3 is 1. The Labute approximate surface area is 182 Å². The van der Waals surface area contributed by atoms with Gasteiger partial charge in [-0.2, -0.15) is 0 Å². The fourth-order valence-corrected chi connectivity index (χ4v) is 4.22. The molecule has 1 heterocycles. The number of urea groups is 1. The van der Waals surface area contributed by atoms with Gasteiger partial charge in [-0.1, -0.05) is 55.5 Å². The minimum atomic E-state index is -0.999. The third-order valence-electron chi connectivity index (χ3n) is 5.92. The summed E-state index contributed by atoms with van der Waals surface area (Å²) in [5.74, 6) is 0.623. The van der Waals surface area contributed by atoms with E-state index < -0.39 is 5.54 Å². The maximum absolute atomic E-state index is 13.3. The molecule has 1 atom stereocenters. The van der Waals surface area contributed by atoms with Gasteiger partial charge >= 0.3 is 6.03 Å². The van der Waals surface area contributed by atoms with Crippen LogP contribution >= 0.6 is 0 Å². The number of nitrogens with one attached hydrogen (secondary N) is 1. The standard InChI is InChI=1S/C25H27N3O3/c1-4-25(21-8-6-5-7-9-21)23(29)28(24(30)26-25)17-27(2)16-18-10-11-20-15-22(31-3)13-12-19(20)14-18/h5-15H,4,16-17H2,1-3H3,(H,26,30)/t25-/m1/s1. The average Bonchev–Trinajstić information content (AvgIpc) is 3.04. The SMILES string of the molecule is CC[C@]1(c2ccccc2)NC(=O)N(CN(C)Cc2ccc3cc(OC)ccc3c2)C1=O. The van der Waals surface area contributed by atoms with Gasteiger partial charge in [0, 0.05) is 6.54 Å². The number of imide groups is 1. The highest BCUT2D eigenvalue weighted by Gasteiger charge is 2.51. The molecule has 1 aliphatic rings. The van der Waals surface area contributed by atoms with E-state index >= 15 is 0 Å². The molecule has 6 heteroatoms. The van der Waals surface area contributed by atoms with E-state index in [0.29, 0.717) is 13.0 Å². The Bertz CT molecular complexity index is 1120. The van der Waals surface area contributed by atoms with Crippen LogP contribution in [0.1, 0.15) is 24.5 Å². The Morgan fingerprint density at radius 1 is 1.00 bits per heavy atom. The molecule has 3 amide bonds. The van der Waals surface area contributed by atoms with E-state index in [4.69, 9.17) is 4.74 Å². The molecule has 0 bridgehead atoms. The summed E-state index contributed by atoms with van der Waals surface area (Å²) in [4.78, 5) is 29.3. The van der Waals surface area contributed by atoms with Gasteiger partial charge < -0.3 is 10.1 Å². The third-order valence-corrected chi connectivity index (χ3v) is 5.92. The van der Waals surface area contributed by atoms with Crippen molar-refractivity contribution in [2.24, 2.45) is 0 Å². The molecule has 0 aromatic heterocycles. The van der Waals surface area contributed by atoms with Crippen LogP contribution in [0.2, 0.25) is 0 Å². The largest absolute Gasteiger partial charge is 0.497 e. The van der Waals surface area contributed by atoms with Crippen LogP contribution in [0.5, 0.6) is 5.75 Å². The van der Waals surface area contributed by atoms with Crippen LogP contribution in [0.4, 0.5) is 4.79 Å². The summed E-state index contributed by atoms with van der Waals surface area (Å²) in [6, 6.07) is 21.3. The van der Waals surface area contributed by atoms with Crippen molar-refractivity contribution in [3.8, 4) is 5.75 Å². The summed E-state index contributed by atoms with van der Waals surface area (Å²) in [6.45, 7) is 2.76. The molecule has 31 heavy (non-hydrogen) atoms. The fraction of sp³-hybridized carbons (Fsp3) is 0.280. The van der Waals surface area contributed by atoms with Gasteiger partial charge in [0.25, 0.3) is 5.91 Å². The molecule has 1 fully saturated rings. The second-order valence-corrected chi connectivity index (χ2v) is 7.99. The lowest BCUT2D eigenvalue weighted by Gasteiger charge is -2.27. The van der Waals surface area contributed by atoms with Gasteiger partial charge in [-0.3, -0.25) is 9.69 Å². The molecule has 0 unspecified atom stereocenters. The zero-order valence-electron chi connectivity index (χ0n) is 18.1. The number of nitrogens with zero attached hydrogens (tertiary/aromatic N) is 2. The van der Waals surface area contributed by atoms with Gasteiger partial charge in [-0.25, -0.2) is 9.69 Å². The van der Waals surface area contributed by atoms with Crippen LogP contribution in [0.25, 0.3) is 10.8 Å². The van der Waals surface area contributed by atoms with Crippen molar-refractivity contribution in [3.63, 3.8) is 0 Å². The molecule has 3 aromatic carbocycles. The maximum atomic E-state index is 13.3. The van der Waals surface area contributed by atoms with E-state index in [2.05, 4.69) is 23.5 Å². The molecule has 4 rings (SSSR count). The van der Waals surface area contributed by atoms with E-state index in [1.807, 2.05) is 67.4 Å². The van der Waals surface area contributed by atoms with Crippen molar-refractivity contribution < 1.29 is 14.3 Å². The first kappa shape index (κ1) is 20.9. The monoisotopic (exact) mass is 417 g/mol.